The maximum atomic E-state index is 14.0. The summed E-state index contributed by atoms with van der Waals surface area (Å²) < 4.78 is 50.5. The number of allylic oxidation sites excluding steroid dienone is 1. The quantitative estimate of drug-likeness (QED) is 0.375. The number of nitriles is 1. The van der Waals surface area contributed by atoms with Gasteiger partial charge in [-0.25, -0.2) is 12.8 Å². The molecule has 3 aromatic rings. The number of ether oxygens (including phenoxy) is 2. The molecule has 0 bridgehead atoms. The molecule has 0 aliphatic rings. The van der Waals surface area contributed by atoms with Gasteiger partial charge in [0.2, 0.25) is 9.84 Å². The van der Waals surface area contributed by atoms with Gasteiger partial charge < -0.3 is 9.47 Å². The molecule has 3 rings (SSSR count). The molecule has 0 spiro atoms. The minimum Gasteiger partial charge on any atom is -0.493 e. The zero-order valence-electron chi connectivity index (χ0n) is 16.7. The van der Waals surface area contributed by atoms with Gasteiger partial charge in [-0.05, 0) is 60.2 Å². The van der Waals surface area contributed by atoms with E-state index in [1.165, 1.54) is 61.7 Å². The van der Waals surface area contributed by atoms with Crippen LogP contribution in [0.3, 0.4) is 0 Å². The molecule has 0 radical (unpaired) electrons. The van der Waals surface area contributed by atoms with Crippen LogP contribution in [0.25, 0.3) is 6.08 Å². The minimum atomic E-state index is -4.04. The first kappa shape index (κ1) is 23.6. The highest BCUT2D eigenvalue weighted by Gasteiger charge is 2.21. The summed E-state index contributed by atoms with van der Waals surface area (Å²) >= 11 is 11.8. The monoisotopic (exact) mass is 491 g/mol. The third-order valence-corrected chi connectivity index (χ3v) is 6.73. The van der Waals surface area contributed by atoms with Crippen LogP contribution < -0.4 is 9.47 Å². The van der Waals surface area contributed by atoms with Crippen molar-refractivity contribution in [3.63, 3.8) is 0 Å². The Labute approximate surface area is 195 Å². The molecule has 3 aromatic carbocycles. The van der Waals surface area contributed by atoms with E-state index in [1.807, 2.05) is 0 Å². The molecule has 9 heteroatoms. The first-order chi connectivity index (χ1) is 15.3. The van der Waals surface area contributed by atoms with Gasteiger partial charge in [0.05, 0.1) is 17.0 Å². The predicted molar refractivity (Wildman–Crippen MR) is 121 cm³/mol. The Balaban J connectivity index is 1.89. The zero-order valence-corrected chi connectivity index (χ0v) is 19.0. The third kappa shape index (κ3) is 5.22. The van der Waals surface area contributed by atoms with Crippen LogP contribution in [0, 0.1) is 17.1 Å². The highest BCUT2D eigenvalue weighted by molar-refractivity contribution is 7.95. The number of halogens is 3. The van der Waals surface area contributed by atoms with Crippen molar-refractivity contribution in [3.05, 3.63) is 92.6 Å². The predicted octanol–water partition coefficient (Wildman–Crippen LogP) is 6.06. The van der Waals surface area contributed by atoms with Crippen LogP contribution in [0.1, 0.15) is 11.1 Å². The molecule has 0 N–H and O–H groups in total. The molecule has 0 amide bonds. The lowest BCUT2D eigenvalue weighted by Gasteiger charge is -2.13. The number of hydrogen-bond acceptors (Lipinski definition) is 5. The number of benzene rings is 3. The molecule has 0 aliphatic carbocycles. The normalized spacial score (nSPS) is 11.7. The largest absolute Gasteiger partial charge is 0.493 e. The van der Waals surface area contributed by atoms with Crippen LogP contribution in [-0.2, 0) is 16.4 Å². The SMILES string of the molecule is COc1cc(/C=C(\C#N)S(=O)(=O)c2ccc(Cl)cc2)ccc1OCc1c(F)cccc1Cl. The Bertz CT molecular complexity index is 1300. The Morgan fingerprint density at radius 2 is 1.81 bits per heavy atom. The van der Waals surface area contributed by atoms with E-state index >= 15 is 0 Å². The van der Waals surface area contributed by atoms with Gasteiger partial charge >= 0.3 is 0 Å². The van der Waals surface area contributed by atoms with E-state index in [1.54, 1.807) is 18.2 Å². The van der Waals surface area contributed by atoms with Crippen LogP contribution in [-0.4, -0.2) is 15.5 Å². The van der Waals surface area contributed by atoms with Gasteiger partial charge in [-0.1, -0.05) is 35.3 Å². The van der Waals surface area contributed by atoms with E-state index in [0.29, 0.717) is 16.3 Å². The lowest BCUT2D eigenvalue weighted by Crippen LogP contribution is -2.03. The number of methoxy groups -OCH3 is 1. The van der Waals surface area contributed by atoms with Gasteiger partial charge in [-0.3, -0.25) is 0 Å². The zero-order chi connectivity index (χ0) is 23.3. The first-order valence-corrected chi connectivity index (χ1v) is 11.4. The van der Waals surface area contributed by atoms with Crippen LogP contribution in [0.15, 0.2) is 70.5 Å². The summed E-state index contributed by atoms with van der Waals surface area (Å²) in [4.78, 5) is -0.503. The van der Waals surface area contributed by atoms with Crippen molar-refractivity contribution in [2.24, 2.45) is 0 Å². The summed E-state index contributed by atoms with van der Waals surface area (Å²) in [5.41, 5.74) is 0.591. The maximum Gasteiger partial charge on any atom is 0.216 e. The van der Waals surface area contributed by atoms with Crippen molar-refractivity contribution in [2.45, 2.75) is 11.5 Å². The standard InChI is InChI=1S/C23H16Cl2FNO4S/c1-30-23-12-15(5-10-22(23)31-14-19-20(25)3-2-4-21(19)26)11-18(13-27)32(28,29)17-8-6-16(24)7-9-17/h2-12H,14H2,1H3/b18-11+. The molecule has 0 atom stereocenters. The average Bonchev–Trinajstić information content (AvgIpc) is 2.77. The fourth-order valence-corrected chi connectivity index (χ4v) is 4.28. The second kappa shape index (κ2) is 10.0. The summed E-state index contributed by atoms with van der Waals surface area (Å²) in [6, 6.07) is 16.2. The van der Waals surface area contributed by atoms with E-state index in [2.05, 4.69) is 0 Å². The van der Waals surface area contributed by atoms with Crippen molar-refractivity contribution in [3.8, 4) is 17.6 Å². The molecule has 0 saturated heterocycles. The second-order valence-corrected chi connectivity index (χ2v) is 9.24. The highest BCUT2D eigenvalue weighted by atomic mass is 35.5. The number of rotatable bonds is 7. The fourth-order valence-electron chi connectivity index (χ4n) is 2.78. The molecular weight excluding hydrogens is 476 g/mol. The molecule has 0 aliphatic heterocycles. The molecule has 0 fully saturated rings. The molecule has 32 heavy (non-hydrogen) atoms. The summed E-state index contributed by atoms with van der Waals surface area (Å²) in [7, 11) is -2.63. The molecular formula is C23H16Cl2FNO4S. The third-order valence-electron chi connectivity index (χ3n) is 4.44. The van der Waals surface area contributed by atoms with Crippen molar-refractivity contribution in [2.75, 3.05) is 7.11 Å². The van der Waals surface area contributed by atoms with Crippen LogP contribution in [0.4, 0.5) is 4.39 Å². The van der Waals surface area contributed by atoms with E-state index in [0.717, 1.165) is 0 Å². The average molecular weight is 492 g/mol. The van der Waals surface area contributed by atoms with Crippen LogP contribution in [0.5, 0.6) is 11.5 Å². The maximum absolute atomic E-state index is 14.0. The topological polar surface area (TPSA) is 76.4 Å². The Hall–Kier alpha value is -3.05. The summed E-state index contributed by atoms with van der Waals surface area (Å²) in [5.74, 6) is 0.0671. The molecule has 0 saturated carbocycles. The van der Waals surface area contributed by atoms with Crippen LogP contribution >= 0.6 is 23.2 Å². The Morgan fingerprint density at radius 1 is 1.09 bits per heavy atom. The van der Waals surface area contributed by atoms with Crippen molar-refractivity contribution < 1.29 is 22.3 Å². The van der Waals surface area contributed by atoms with Crippen molar-refractivity contribution in [1.82, 2.24) is 0 Å². The second-order valence-electron chi connectivity index (χ2n) is 6.48. The Morgan fingerprint density at radius 3 is 2.44 bits per heavy atom. The Kier molecular flexibility index (Phi) is 7.41. The molecule has 0 heterocycles. The minimum absolute atomic E-state index is 0.0524. The van der Waals surface area contributed by atoms with Gasteiger partial charge in [0, 0.05) is 10.6 Å². The molecule has 164 valence electrons. The summed E-state index contributed by atoms with van der Waals surface area (Å²) in [6.45, 7) is -0.133. The smallest absolute Gasteiger partial charge is 0.216 e. The summed E-state index contributed by atoms with van der Waals surface area (Å²) in [6.07, 6.45) is 1.23. The van der Waals surface area contributed by atoms with Gasteiger partial charge in [0.25, 0.3) is 0 Å². The fraction of sp³-hybridized carbons (Fsp3) is 0.0870. The number of sulfone groups is 1. The summed E-state index contributed by atoms with van der Waals surface area (Å²) in [5, 5.41) is 10.1. The van der Waals surface area contributed by atoms with E-state index < -0.39 is 20.6 Å². The van der Waals surface area contributed by atoms with Crippen molar-refractivity contribution >= 4 is 39.1 Å². The lowest BCUT2D eigenvalue weighted by atomic mass is 10.2. The van der Waals surface area contributed by atoms with Gasteiger partial charge in [0.15, 0.2) is 11.5 Å². The van der Waals surface area contributed by atoms with Gasteiger partial charge in [0.1, 0.15) is 23.4 Å². The number of hydrogen-bond donors (Lipinski definition) is 0. The van der Waals surface area contributed by atoms with Crippen molar-refractivity contribution in [1.29, 1.82) is 5.26 Å². The molecule has 0 aromatic heterocycles. The van der Waals surface area contributed by atoms with E-state index in [4.69, 9.17) is 32.7 Å². The van der Waals surface area contributed by atoms with Crippen LogP contribution in [0.2, 0.25) is 10.0 Å². The van der Waals surface area contributed by atoms with E-state index in [9.17, 15) is 18.1 Å². The highest BCUT2D eigenvalue weighted by Crippen LogP contribution is 2.32. The molecule has 5 nitrogen and oxygen atoms in total. The van der Waals surface area contributed by atoms with E-state index in [-0.39, 0.29) is 27.8 Å². The first-order valence-electron chi connectivity index (χ1n) is 9.12. The van der Waals surface area contributed by atoms with Gasteiger partial charge in [-0.2, -0.15) is 5.26 Å². The molecule has 0 unspecified atom stereocenters. The van der Waals surface area contributed by atoms with Gasteiger partial charge in [-0.15, -0.1) is 0 Å². The number of nitrogens with zero attached hydrogens (tertiary/aromatic N) is 1. The lowest BCUT2D eigenvalue weighted by molar-refractivity contribution is 0.280.